The van der Waals surface area contributed by atoms with Crippen LogP contribution in [0.15, 0.2) is 60.9 Å². The lowest BCUT2D eigenvalue weighted by Gasteiger charge is -2.03. The van der Waals surface area contributed by atoms with Gasteiger partial charge in [0.1, 0.15) is 0 Å². The van der Waals surface area contributed by atoms with E-state index in [0.717, 1.165) is 16.8 Å². The van der Waals surface area contributed by atoms with Crippen molar-refractivity contribution in [3.63, 3.8) is 0 Å². The van der Waals surface area contributed by atoms with Gasteiger partial charge in [0, 0.05) is 17.4 Å². The summed E-state index contributed by atoms with van der Waals surface area (Å²) in [6.07, 6.45) is 3.55. The van der Waals surface area contributed by atoms with Crippen molar-refractivity contribution < 1.29 is 9.90 Å². The van der Waals surface area contributed by atoms with Gasteiger partial charge in [-0.15, -0.1) is 0 Å². The molecule has 0 saturated heterocycles. The van der Waals surface area contributed by atoms with E-state index >= 15 is 0 Å². The topological polar surface area (TPSA) is 81.1 Å². The molecule has 1 aromatic heterocycles. The quantitative estimate of drug-likeness (QED) is 0.722. The zero-order chi connectivity index (χ0) is 14.8. The molecule has 0 atom stereocenters. The summed E-state index contributed by atoms with van der Waals surface area (Å²) in [4.78, 5) is 11.1. The maximum Gasteiger partial charge on any atom is 0.337 e. The van der Waals surface area contributed by atoms with Gasteiger partial charge in [0.2, 0.25) is 0 Å². The molecule has 104 valence electrons. The first-order valence-electron chi connectivity index (χ1n) is 6.38. The number of hydrogen-bond acceptors (Lipinski definition) is 3. The van der Waals surface area contributed by atoms with Crippen molar-refractivity contribution in [2.24, 2.45) is 0 Å². The minimum Gasteiger partial charge on any atom is -0.478 e. The van der Waals surface area contributed by atoms with Crippen molar-refractivity contribution in [3.05, 3.63) is 66.5 Å². The van der Waals surface area contributed by atoms with E-state index in [0.29, 0.717) is 0 Å². The molecule has 3 N–H and O–H groups in total. The van der Waals surface area contributed by atoms with E-state index in [1.165, 1.54) is 0 Å². The smallest absolute Gasteiger partial charge is 0.337 e. The number of para-hydroxylation sites is 1. The van der Waals surface area contributed by atoms with Gasteiger partial charge < -0.3 is 10.8 Å². The summed E-state index contributed by atoms with van der Waals surface area (Å²) in [5, 5.41) is 13.4. The van der Waals surface area contributed by atoms with Gasteiger partial charge in [-0.2, -0.15) is 5.10 Å². The highest BCUT2D eigenvalue weighted by Crippen LogP contribution is 2.24. The van der Waals surface area contributed by atoms with Crippen LogP contribution >= 0.6 is 0 Å². The SMILES string of the molecule is Nc1ccc(-c2cnn(-c3ccccc3)c2)cc1C(=O)O. The van der Waals surface area contributed by atoms with Crippen LogP contribution in [0.2, 0.25) is 0 Å². The number of carboxylic acid groups (broad SMARTS) is 1. The van der Waals surface area contributed by atoms with E-state index in [-0.39, 0.29) is 11.3 Å². The van der Waals surface area contributed by atoms with Gasteiger partial charge in [0.15, 0.2) is 0 Å². The molecule has 0 aliphatic carbocycles. The third kappa shape index (κ3) is 2.49. The van der Waals surface area contributed by atoms with E-state index in [4.69, 9.17) is 10.8 Å². The molecule has 5 nitrogen and oxygen atoms in total. The number of aromatic carboxylic acids is 1. The lowest BCUT2D eigenvalue weighted by Crippen LogP contribution is -2.02. The minimum atomic E-state index is -1.04. The molecule has 21 heavy (non-hydrogen) atoms. The number of nitrogens with two attached hydrogens (primary N) is 1. The summed E-state index contributed by atoms with van der Waals surface area (Å²) < 4.78 is 1.74. The molecule has 0 aliphatic rings. The van der Waals surface area contributed by atoms with Crippen molar-refractivity contribution in [3.8, 4) is 16.8 Å². The number of rotatable bonds is 3. The Kier molecular flexibility index (Phi) is 3.16. The zero-order valence-corrected chi connectivity index (χ0v) is 11.1. The van der Waals surface area contributed by atoms with Crippen molar-refractivity contribution in [2.45, 2.75) is 0 Å². The molecule has 0 aliphatic heterocycles. The molecule has 0 radical (unpaired) electrons. The maximum absolute atomic E-state index is 11.1. The second kappa shape index (κ2) is 5.13. The first-order chi connectivity index (χ1) is 10.1. The molecule has 0 unspecified atom stereocenters. The normalized spacial score (nSPS) is 10.5. The Morgan fingerprint density at radius 1 is 1.10 bits per heavy atom. The summed E-state index contributed by atoms with van der Waals surface area (Å²) >= 11 is 0. The van der Waals surface area contributed by atoms with E-state index in [1.807, 2.05) is 36.5 Å². The van der Waals surface area contributed by atoms with Crippen molar-refractivity contribution in [1.82, 2.24) is 9.78 Å². The lowest BCUT2D eigenvalue weighted by atomic mass is 10.0. The molecule has 0 fully saturated rings. The molecule has 0 saturated carbocycles. The summed E-state index contributed by atoms with van der Waals surface area (Å²) in [6.45, 7) is 0. The van der Waals surface area contributed by atoms with Gasteiger partial charge in [-0.25, -0.2) is 9.48 Å². The number of benzene rings is 2. The van der Waals surface area contributed by atoms with Gasteiger partial charge in [0.25, 0.3) is 0 Å². The molecule has 3 rings (SSSR count). The minimum absolute atomic E-state index is 0.0972. The van der Waals surface area contributed by atoms with Gasteiger partial charge in [-0.1, -0.05) is 24.3 Å². The third-order valence-electron chi connectivity index (χ3n) is 3.22. The number of carboxylic acids is 1. The highest BCUT2D eigenvalue weighted by Gasteiger charge is 2.11. The molecule has 0 amide bonds. The maximum atomic E-state index is 11.1. The van der Waals surface area contributed by atoms with Crippen LogP contribution in [0.1, 0.15) is 10.4 Å². The van der Waals surface area contributed by atoms with Crippen molar-refractivity contribution in [2.75, 3.05) is 5.73 Å². The summed E-state index contributed by atoms with van der Waals surface area (Å²) in [6, 6.07) is 14.6. The number of hydrogen-bond donors (Lipinski definition) is 2. The molecular weight excluding hydrogens is 266 g/mol. The van der Waals surface area contributed by atoms with E-state index < -0.39 is 5.97 Å². The number of carbonyl (C=O) groups is 1. The van der Waals surface area contributed by atoms with Crippen LogP contribution in [0, 0.1) is 0 Å². The number of anilines is 1. The lowest BCUT2D eigenvalue weighted by molar-refractivity contribution is 0.0698. The fourth-order valence-electron chi connectivity index (χ4n) is 2.11. The number of nitrogens with zero attached hydrogens (tertiary/aromatic N) is 2. The Balaban J connectivity index is 2.01. The Morgan fingerprint density at radius 3 is 2.57 bits per heavy atom. The van der Waals surface area contributed by atoms with Crippen LogP contribution < -0.4 is 5.73 Å². The van der Waals surface area contributed by atoms with E-state index in [9.17, 15) is 4.79 Å². The van der Waals surface area contributed by atoms with E-state index in [2.05, 4.69) is 5.10 Å². The van der Waals surface area contributed by atoms with Gasteiger partial charge in [0.05, 0.1) is 17.4 Å². The van der Waals surface area contributed by atoms with Crippen LogP contribution in [0.5, 0.6) is 0 Å². The molecular formula is C16H13N3O2. The average molecular weight is 279 g/mol. The molecule has 0 bridgehead atoms. The second-order valence-corrected chi connectivity index (χ2v) is 4.62. The Hall–Kier alpha value is -3.08. The third-order valence-corrected chi connectivity index (χ3v) is 3.22. The highest BCUT2D eigenvalue weighted by molar-refractivity contribution is 5.95. The molecule has 0 spiro atoms. The van der Waals surface area contributed by atoms with E-state index in [1.54, 1.807) is 29.1 Å². The number of nitrogen functional groups attached to an aromatic ring is 1. The predicted molar refractivity (Wildman–Crippen MR) is 80.4 cm³/mol. The van der Waals surface area contributed by atoms with Crippen LogP contribution in [0.3, 0.4) is 0 Å². The molecule has 2 aromatic carbocycles. The Labute approximate surface area is 121 Å². The highest BCUT2D eigenvalue weighted by atomic mass is 16.4. The molecule has 1 heterocycles. The average Bonchev–Trinajstić information content (AvgIpc) is 2.98. The van der Waals surface area contributed by atoms with Gasteiger partial charge in [-0.05, 0) is 29.8 Å². The van der Waals surface area contributed by atoms with Crippen LogP contribution in [0.25, 0.3) is 16.8 Å². The second-order valence-electron chi connectivity index (χ2n) is 4.62. The van der Waals surface area contributed by atoms with Crippen LogP contribution in [-0.2, 0) is 0 Å². The fraction of sp³-hybridized carbons (Fsp3) is 0. The van der Waals surface area contributed by atoms with Crippen LogP contribution in [0.4, 0.5) is 5.69 Å². The Bertz CT molecular complexity index is 794. The van der Waals surface area contributed by atoms with Crippen molar-refractivity contribution >= 4 is 11.7 Å². The largest absolute Gasteiger partial charge is 0.478 e. The first kappa shape index (κ1) is 12.9. The van der Waals surface area contributed by atoms with Gasteiger partial charge >= 0.3 is 5.97 Å². The fourth-order valence-corrected chi connectivity index (χ4v) is 2.11. The monoisotopic (exact) mass is 279 g/mol. The molecule has 5 heteroatoms. The summed E-state index contributed by atoms with van der Waals surface area (Å²) in [5.74, 6) is -1.04. The summed E-state index contributed by atoms with van der Waals surface area (Å²) in [5.41, 5.74) is 8.56. The summed E-state index contributed by atoms with van der Waals surface area (Å²) in [7, 11) is 0. The molecule has 3 aromatic rings. The van der Waals surface area contributed by atoms with Crippen molar-refractivity contribution in [1.29, 1.82) is 0 Å². The predicted octanol–water partition coefficient (Wildman–Crippen LogP) is 2.82. The zero-order valence-electron chi connectivity index (χ0n) is 11.1. The Morgan fingerprint density at radius 2 is 1.86 bits per heavy atom. The number of aromatic nitrogens is 2. The van der Waals surface area contributed by atoms with Gasteiger partial charge in [-0.3, -0.25) is 0 Å². The first-order valence-corrected chi connectivity index (χ1v) is 6.38. The standard InChI is InChI=1S/C16H13N3O2/c17-15-7-6-11(8-14(15)16(20)21)12-9-18-19(10-12)13-4-2-1-3-5-13/h1-10H,17H2,(H,20,21). The van der Waals surface area contributed by atoms with Crippen LogP contribution in [-0.4, -0.2) is 20.9 Å².